The van der Waals surface area contributed by atoms with E-state index < -0.39 is 22.5 Å². The van der Waals surface area contributed by atoms with E-state index in [1.54, 1.807) is 61.5 Å². The summed E-state index contributed by atoms with van der Waals surface area (Å²) in [6, 6.07) is 20.2. The molecular formula is C22H20BrNO4S. The number of anilines is 1. The van der Waals surface area contributed by atoms with Crippen molar-refractivity contribution >= 4 is 37.5 Å². The van der Waals surface area contributed by atoms with Gasteiger partial charge in [-0.2, -0.15) is 4.31 Å². The van der Waals surface area contributed by atoms with Crippen LogP contribution in [0.5, 0.6) is 5.75 Å². The topological polar surface area (TPSA) is 63.7 Å². The van der Waals surface area contributed by atoms with Crippen LogP contribution >= 0.6 is 15.9 Å². The van der Waals surface area contributed by atoms with Crippen molar-refractivity contribution in [2.24, 2.45) is 0 Å². The lowest BCUT2D eigenvalue weighted by Gasteiger charge is -2.24. The second kappa shape index (κ2) is 8.80. The average Bonchev–Trinajstić information content (AvgIpc) is 2.71. The maximum atomic E-state index is 13.3. The van der Waals surface area contributed by atoms with Gasteiger partial charge in [0.15, 0.2) is 6.61 Å². The van der Waals surface area contributed by atoms with Crippen LogP contribution in [0.15, 0.2) is 82.2 Å². The molecule has 1 amide bonds. The lowest BCUT2D eigenvalue weighted by molar-refractivity contribution is -0.119. The zero-order chi connectivity index (χ0) is 21.0. The van der Waals surface area contributed by atoms with E-state index in [0.717, 1.165) is 14.3 Å². The van der Waals surface area contributed by atoms with Crippen molar-refractivity contribution in [2.45, 2.75) is 18.7 Å². The van der Waals surface area contributed by atoms with Crippen LogP contribution < -0.4 is 9.04 Å². The molecule has 5 nitrogen and oxygen atoms in total. The molecule has 0 aliphatic rings. The largest absolute Gasteiger partial charge is 0.484 e. The molecule has 3 aromatic rings. The molecule has 29 heavy (non-hydrogen) atoms. The van der Waals surface area contributed by atoms with E-state index in [1.165, 1.54) is 12.1 Å². The average molecular weight is 474 g/mol. The number of ether oxygens (including phenoxy) is 1. The number of sulfonamides is 1. The molecule has 0 spiro atoms. The third-order valence-electron chi connectivity index (χ3n) is 4.27. The molecule has 150 valence electrons. The van der Waals surface area contributed by atoms with Crippen LogP contribution in [0.2, 0.25) is 0 Å². The van der Waals surface area contributed by atoms with Gasteiger partial charge in [0, 0.05) is 4.47 Å². The summed E-state index contributed by atoms with van der Waals surface area (Å²) >= 11 is 3.34. The zero-order valence-corrected chi connectivity index (χ0v) is 18.4. The first-order valence-corrected chi connectivity index (χ1v) is 11.1. The third-order valence-corrected chi connectivity index (χ3v) is 6.54. The quantitative estimate of drug-likeness (QED) is 0.512. The van der Waals surface area contributed by atoms with Gasteiger partial charge in [0.25, 0.3) is 15.9 Å². The Kier molecular flexibility index (Phi) is 6.39. The van der Waals surface area contributed by atoms with Crippen LogP contribution in [0.1, 0.15) is 11.1 Å². The van der Waals surface area contributed by atoms with E-state index in [9.17, 15) is 13.2 Å². The fourth-order valence-electron chi connectivity index (χ4n) is 2.77. The van der Waals surface area contributed by atoms with Crippen molar-refractivity contribution in [1.29, 1.82) is 0 Å². The predicted octanol–water partition coefficient (Wildman–Crippen LogP) is 4.87. The van der Waals surface area contributed by atoms with Crippen molar-refractivity contribution in [3.05, 3.63) is 88.4 Å². The zero-order valence-electron chi connectivity index (χ0n) is 16.0. The van der Waals surface area contributed by atoms with Gasteiger partial charge in [-0.3, -0.25) is 4.79 Å². The highest BCUT2D eigenvalue weighted by Crippen LogP contribution is 2.28. The van der Waals surface area contributed by atoms with E-state index in [2.05, 4.69) is 15.9 Å². The van der Waals surface area contributed by atoms with Gasteiger partial charge in [-0.05, 0) is 67.4 Å². The molecular weight excluding hydrogens is 454 g/mol. The maximum Gasteiger partial charge on any atom is 0.278 e. The van der Waals surface area contributed by atoms with Gasteiger partial charge < -0.3 is 4.74 Å². The summed E-state index contributed by atoms with van der Waals surface area (Å²) < 4.78 is 33.9. The molecule has 0 unspecified atom stereocenters. The van der Waals surface area contributed by atoms with Gasteiger partial charge in [0.2, 0.25) is 0 Å². The number of amides is 1. The molecule has 7 heteroatoms. The minimum absolute atomic E-state index is 0.0397. The number of nitrogens with zero attached hydrogens (tertiary/aromatic N) is 1. The Labute approximate surface area is 179 Å². The molecule has 0 heterocycles. The Bertz CT molecular complexity index is 1110. The molecule has 0 aliphatic carbocycles. The van der Waals surface area contributed by atoms with Crippen LogP contribution in [0, 0.1) is 13.8 Å². The normalized spacial score (nSPS) is 11.1. The molecule has 0 saturated carbocycles. The molecule has 0 N–H and O–H groups in total. The molecule has 0 aliphatic heterocycles. The number of benzene rings is 3. The second-order valence-electron chi connectivity index (χ2n) is 6.51. The van der Waals surface area contributed by atoms with E-state index >= 15 is 0 Å². The number of aryl methyl sites for hydroxylation is 2. The molecule has 3 aromatic carbocycles. The SMILES string of the molecule is Cc1ccc(C)c(N(C(=O)COc2ccc(Br)cc2)S(=O)(=O)c2ccccc2)c1. The lowest BCUT2D eigenvalue weighted by Crippen LogP contribution is -2.40. The molecule has 0 bridgehead atoms. The van der Waals surface area contributed by atoms with Crippen molar-refractivity contribution in [3.63, 3.8) is 0 Å². The standard InChI is InChI=1S/C22H20BrNO4S/c1-16-8-9-17(2)21(14-16)24(29(26,27)20-6-4-3-5-7-20)22(25)15-28-19-12-10-18(23)11-13-19/h3-14H,15H2,1-2H3. The first kappa shape index (κ1) is 21.1. The number of halogens is 1. The number of carbonyl (C=O) groups is 1. The van der Waals surface area contributed by atoms with Crippen LogP contribution in [-0.2, 0) is 14.8 Å². The Morgan fingerprint density at radius 2 is 1.62 bits per heavy atom. The van der Waals surface area contributed by atoms with Gasteiger partial charge in [-0.1, -0.05) is 46.3 Å². The van der Waals surface area contributed by atoms with Crippen molar-refractivity contribution in [1.82, 2.24) is 0 Å². The van der Waals surface area contributed by atoms with Crippen LogP contribution in [0.4, 0.5) is 5.69 Å². The summed E-state index contributed by atoms with van der Waals surface area (Å²) in [4.78, 5) is 13.1. The summed E-state index contributed by atoms with van der Waals surface area (Å²) in [7, 11) is -4.11. The smallest absolute Gasteiger partial charge is 0.278 e. The first-order chi connectivity index (χ1) is 13.8. The molecule has 0 saturated heterocycles. The third kappa shape index (κ3) is 4.86. The minimum atomic E-state index is -4.11. The summed E-state index contributed by atoms with van der Waals surface area (Å²) in [5, 5.41) is 0. The number of hydrogen-bond donors (Lipinski definition) is 0. The summed E-state index contributed by atoms with van der Waals surface area (Å²) in [5.41, 5.74) is 1.84. The van der Waals surface area contributed by atoms with Gasteiger partial charge in [0.1, 0.15) is 5.75 Å². The second-order valence-corrected chi connectivity index (χ2v) is 9.21. The lowest BCUT2D eigenvalue weighted by atomic mass is 10.1. The van der Waals surface area contributed by atoms with Crippen LogP contribution in [0.25, 0.3) is 0 Å². The maximum absolute atomic E-state index is 13.3. The molecule has 0 atom stereocenters. The van der Waals surface area contributed by atoms with Gasteiger partial charge in [-0.25, -0.2) is 8.42 Å². The van der Waals surface area contributed by atoms with Gasteiger partial charge >= 0.3 is 0 Å². The monoisotopic (exact) mass is 473 g/mol. The van der Waals surface area contributed by atoms with E-state index in [1.807, 2.05) is 13.0 Å². The minimum Gasteiger partial charge on any atom is -0.484 e. The summed E-state index contributed by atoms with van der Waals surface area (Å²) in [6.45, 7) is 3.20. The van der Waals surface area contributed by atoms with E-state index in [0.29, 0.717) is 17.0 Å². The fraction of sp³-hybridized carbons (Fsp3) is 0.136. The van der Waals surface area contributed by atoms with E-state index in [4.69, 9.17) is 4.74 Å². The van der Waals surface area contributed by atoms with Crippen LogP contribution in [-0.4, -0.2) is 20.9 Å². The highest BCUT2D eigenvalue weighted by molar-refractivity contribution is 9.10. The Hall–Kier alpha value is -2.64. The van der Waals surface area contributed by atoms with Crippen molar-refractivity contribution in [2.75, 3.05) is 10.9 Å². The number of rotatable bonds is 6. The molecule has 0 aromatic heterocycles. The summed E-state index contributed by atoms with van der Waals surface area (Å²) in [5.74, 6) is -0.204. The van der Waals surface area contributed by atoms with Crippen molar-refractivity contribution in [3.8, 4) is 5.75 Å². The van der Waals surface area contributed by atoms with Crippen LogP contribution in [0.3, 0.4) is 0 Å². The Morgan fingerprint density at radius 3 is 2.28 bits per heavy atom. The predicted molar refractivity (Wildman–Crippen MR) is 117 cm³/mol. The van der Waals surface area contributed by atoms with Gasteiger partial charge in [-0.15, -0.1) is 0 Å². The summed E-state index contributed by atoms with van der Waals surface area (Å²) in [6.07, 6.45) is 0. The molecule has 0 fully saturated rings. The molecule has 3 rings (SSSR count). The first-order valence-electron chi connectivity index (χ1n) is 8.88. The number of carbonyl (C=O) groups excluding carboxylic acids is 1. The highest BCUT2D eigenvalue weighted by atomic mass is 79.9. The molecule has 0 radical (unpaired) electrons. The Balaban J connectivity index is 1.99. The Morgan fingerprint density at radius 1 is 0.966 bits per heavy atom. The van der Waals surface area contributed by atoms with E-state index in [-0.39, 0.29) is 4.90 Å². The van der Waals surface area contributed by atoms with Gasteiger partial charge in [0.05, 0.1) is 10.6 Å². The fourth-order valence-corrected chi connectivity index (χ4v) is 4.52. The van der Waals surface area contributed by atoms with Crippen molar-refractivity contribution < 1.29 is 17.9 Å². The highest BCUT2D eigenvalue weighted by Gasteiger charge is 2.32. The number of hydrogen-bond acceptors (Lipinski definition) is 4.